The minimum Gasteiger partial charge on any atom is -0.496 e. The van der Waals surface area contributed by atoms with Crippen LogP contribution < -0.4 is 24.4 Å². The van der Waals surface area contributed by atoms with E-state index in [1.54, 1.807) is 25.2 Å². The summed E-state index contributed by atoms with van der Waals surface area (Å²) in [6.45, 7) is 0.530. The first-order valence-electron chi connectivity index (χ1n) is 11.2. The Morgan fingerprint density at radius 3 is 2.32 bits per heavy atom. The molecule has 1 aliphatic heterocycles. The van der Waals surface area contributed by atoms with Crippen LogP contribution in [0.4, 0.5) is 5.69 Å². The van der Waals surface area contributed by atoms with Gasteiger partial charge in [0, 0.05) is 18.5 Å². The second-order valence-electron chi connectivity index (χ2n) is 7.92. The van der Waals surface area contributed by atoms with Gasteiger partial charge in [0.1, 0.15) is 17.2 Å². The standard InChI is InChI=1S/C27H28N2O5/c1-32-22-13-8-14-23(33-2)20(22)15-16-26(30)29-18-25(34-24-12-7-6-11-21(24)29)27(31)28-17-19-9-4-3-5-10-19/h3-14,25H,15-18H2,1-2H3,(H,28,31)/t25-/m0/s1. The van der Waals surface area contributed by atoms with Crippen molar-refractivity contribution in [1.29, 1.82) is 0 Å². The molecule has 1 heterocycles. The average molecular weight is 461 g/mol. The third kappa shape index (κ3) is 5.14. The molecule has 2 amide bonds. The molecule has 176 valence electrons. The third-order valence-corrected chi connectivity index (χ3v) is 5.80. The predicted octanol–water partition coefficient (Wildman–Crippen LogP) is 3.75. The molecule has 0 spiro atoms. The van der Waals surface area contributed by atoms with Crippen molar-refractivity contribution in [3.63, 3.8) is 0 Å². The van der Waals surface area contributed by atoms with Gasteiger partial charge in [-0.05, 0) is 36.2 Å². The van der Waals surface area contributed by atoms with E-state index >= 15 is 0 Å². The largest absolute Gasteiger partial charge is 0.496 e. The molecular weight excluding hydrogens is 432 g/mol. The number of carbonyl (C=O) groups excluding carboxylic acids is 2. The number of methoxy groups -OCH3 is 2. The summed E-state index contributed by atoms with van der Waals surface area (Å²) in [5.41, 5.74) is 2.48. The predicted molar refractivity (Wildman–Crippen MR) is 129 cm³/mol. The summed E-state index contributed by atoms with van der Waals surface area (Å²) in [6.07, 6.45) is -0.136. The SMILES string of the molecule is COc1cccc(OC)c1CCC(=O)N1C[C@@H](C(=O)NCc2ccccc2)Oc2ccccc21. The zero-order chi connectivity index (χ0) is 23.9. The lowest BCUT2D eigenvalue weighted by molar-refractivity contribution is -0.128. The van der Waals surface area contributed by atoms with Gasteiger partial charge in [-0.3, -0.25) is 9.59 Å². The van der Waals surface area contributed by atoms with E-state index in [0.717, 1.165) is 11.1 Å². The number of ether oxygens (including phenoxy) is 3. The van der Waals surface area contributed by atoms with E-state index in [0.29, 0.717) is 35.9 Å². The molecule has 34 heavy (non-hydrogen) atoms. The Morgan fingerprint density at radius 2 is 1.62 bits per heavy atom. The number of fused-ring (bicyclic) bond motifs is 1. The lowest BCUT2D eigenvalue weighted by Gasteiger charge is -2.34. The molecule has 0 fully saturated rings. The Hall–Kier alpha value is -4.00. The number of nitrogens with one attached hydrogen (secondary N) is 1. The number of amides is 2. The number of hydrogen-bond donors (Lipinski definition) is 1. The highest BCUT2D eigenvalue weighted by Gasteiger charge is 2.33. The van der Waals surface area contributed by atoms with Gasteiger partial charge in [0.05, 0.1) is 26.5 Å². The molecule has 1 N–H and O–H groups in total. The van der Waals surface area contributed by atoms with Crippen LogP contribution in [0.25, 0.3) is 0 Å². The van der Waals surface area contributed by atoms with E-state index in [1.807, 2.05) is 66.7 Å². The summed E-state index contributed by atoms with van der Waals surface area (Å²) in [5.74, 6) is 1.49. The molecule has 0 bridgehead atoms. The van der Waals surface area contributed by atoms with Gasteiger partial charge < -0.3 is 24.4 Å². The van der Waals surface area contributed by atoms with Crippen LogP contribution in [0.2, 0.25) is 0 Å². The van der Waals surface area contributed by atoms with E-state index in [1.165, 1.54) is 0 Å². The van der Waals surface area contributed by atoms with Crippen molar-refractivity contribution in [2.45, 2.75) is 25.5 Å². The molecule has 3 aromatic rings. The van der Waals surface area contributed by atoms with E-state index in [2.05, 4.69) is 5.32 Å². The maximum atomic E-state index is 13.3. The number of hydrogen-bond acceptors (Lipinski definition) is 5. The Bertz CT molecular complexity index is 1130. The second-order valence-corrected chi connectivity index (χ2v) is 7.92. The highest BCUT2D eigenvalue weighted by molar-refractivity contribution is 5.97. The maximum absolute atomic E-state index is 13.3. The van der Waals surface area contributed by atoms with Crippen LogP contribution >= 0.6 is 0 Å². The molecule has 7 heteroatoms. The molecule has 0 saturated heterocycles. The molecule has 7 nitrogen and oxygen atoms in total. The number of rotatable bonds is 8. The van der Waals surface area contributed by atoms with Crippen molar-refractivity contribution < 1.29 is 23.8 Å². The molecule has 1 aliphatic rings. The lowest BCUT2D eigenvalue weighted by Crippen LogP contribution is -2.50. The number of carbonyl (C=O) groups is 2. The monoisotopic (exact) mass is 460 g/mol. The lowest BCUT2D eigenvalue weighted by atomic mass is 10.1. The van der Waals surface area contributed by atoms with Crippen LogP contribution in [-0.2, 0) is 22.6 Å². The third-order valence-electron chi connectivity index (χ3n) is 5.80. The first-order valence-corrected chi connectivity index (χ1v) is 11.2. The second kappa shape index (κ2) is 10.7. The van der Waals surface area contributed by atoms with Gasteiger partial charge >= 0.3 is 0 Å². The summed E-state index contributed by atoms with van der Waals surface area (Å²) in [4.78, 5) is 27.9. The zero-order valence-electron chi connectivity index (χ0n) is 19.3. The summed E-state index contributed by atoms with van der Waals surface area (Å²) in [7, 11) is 3.19. The normalized spacial score (nSPS) is 14.5. The summed E-state index contributed by atoms with van der Waals surface area (Å²) in [6, 6.07) is 22.5. The molecule has 1 atom stereocenters. The fraction of sp³-hybridized carbons (Fsp3) is 0.259. The minimum atomic E-state index is -0.802. The maximum Gasteiger partial charge on any atom is 0.263 e. The molecule has 3 aromatic carbocycles. The highest BCUT2D eigenvalue weighted by Crippen LogP contribution is 2.35. The molecule has 0 unspecified atom stereocenters. The fourth-order valence-corrected chi connectivity index (χ4v) is 4.05. The average Bonchev–Trinajstić information content (AvgIpc) is 2.89. The van der Waals surface area contributed by atoms with E-state index < -0.39 is 6.10 Å². The fourth-order valence-electron chi connectivity index (χ4n) is 4.05. The highest BCUT2D eigenvalue weighted by atomic mass is 16.5. The van der Waals surface area contributed by atoms with Gasteiger partial charge in [-0.2, -0.15) is 0 Å². The minimum absolute atomic E-state index is 0.107. The first-order chi connectivity index (χ1) is 16.6. The van der Waals surface area contributed by atoms with Crippen molar-refractivity contribution in [2.75, 3.05) is 25.7 Å². The molecule has 0 saturated carbocycles. The van der Waals surface area contributed by atoms with E-state index in [4.69, 9.17) is 14.2 Å². The number of benzene rings is 3. The molecule has 0 aliphatic carbocycles. The van der Waals surface area contributed by atoms with Gasteiger partial charge in [-0.15, -0.1) is 0 Å². The van der Waals surface area contributed by atoms with Gasteiger partial charge in [-0.25, -0.2) is 0 Å². The Labute approximate surface area is 199 Å². The van der Waals surface area contributed by atoms with Crippen molar-refractivity contribution in [1.82, 2.24) is 5.32 Å². The van der Waals surface area contributed by atoms with Gasteiger partial charge in [-0.1, -0.05) is 48.5 Å². The summed E-state index contributed by atoms with van der Waals surface area (Å²) in [5, 5.41) is 2.91. The van der Waals surface area contributed by atoms with Crippen LogP contribution in [0.15, 0.2) is 72.8 Å². The van der Waals surface area contributed by atoms with E-state index in [-0.39, 0.29) is 24.8 Å². The number of nitrogens with zero attached hydrogens (tertiary/aromatic N) is 1. The Morgan fingerprint density at radius 1 is 0.941 bits per heavy atom. The smallest absolute Gasteiger partial charge is 0.263 e. The van der Waals surface area contributed by atoms with Crippen LogP contribution in [0.3, 0.4) is 0 Å². The first kappa shape index (κ1) is 23.2. The molecule has 0 radical (unpaired) electrons. The summed E-state index contributed by atoms with van der Waals surface area (Å²) < 4.78 is 16.9. The zero-order valence-corrected chi connectivity index (χ0v) is 19.3. The Kier molecular flexibility index (Phi) is 7.32. The van der Waals surface area contributed by atoms with Crippen LogP contribution in [0.1, 0.15) is 17.5 Å². The van der Waals surface area contributed by atoms with Crippen LogP contribution in [0.5, 0.6) is 17.2 Å². The molecular formula is C27H28N2O5. The summed E-state index contributed by atoms with van der Waals surface area (Å²) >= 11 is 0. The van der Waals surface area contributed by atoms with Crippen molar-refractivity contribution in [3.8, 4) is 17.2 Å². The van der Waals surface area contributed by atoms with E-state index in [9.17, 15) is 9.59 Å². The van der Waals surface area contributed by atoms with Gasteiger partial charge in [0.15, 0.2) is 6.10 Å². The quantitative estimate of drug-likeness (QED) is 0.554. The van der Waals surface area contributed by atoms with Crippen molar-refractivity contribution >= 4 is 17.5 Å². The van der Waals surface area contributed by atoms with Gasteiger partial charge in [0.2, 0.25) is 5.91 Å². The number of anilines is 1. The molecule has 4 rings (SSSR count). The van der Waals surface area contributed by atoms with Crippen LogP contribution in [-0.4, -0.2) is 38.7 Å². The van der Waals surface area contributed by atoms with Crippen molar-refractivity contribution in [3.05, 3.63) is 83.9 Å². The number of para-hydroxylation sites is 2. The topological polar surface area (TPSA) is 77.1 Å². The van der Waals surface area contributed by atoms with Crippen molar-refractivity contribution in [2.24, 2.45) is 0 Å². The Balaban J connectivity index is 1.48. The van der Waals surface area contributed by atoms with Gasteiger partial charge in [0.25, 0.3) is 5.91 Å². The van der Waals surface area contributed by atoms with Crippen LogP contribution in [0, 0.1) is 0 Å². The molecule has 0 aromatic heterocycles.